The van der Waals surface area contributed by atoms with E-state index in [0.29, 0.717) is 11.5 Å². The Morgan fingerprint density at radius 2 is 1.18 bits per heavy atom. The summed E-state index contributed by atoms with van der Waals surface area (Å²) < 4.78 is 6.31. The van der Waals surface area contributed by atoms with Gasteiger partial charge in [-0.2, -0.15) is 0 Å². The third-order valence-corrected chi connectivity index (χ3v) is 5.82. The molecule has 4 aromatic carbocycles. The quantitative estimate of drug-likeness (QED) is 0.303. The van der Waals surface area contributed by atoms with Crippen molar-refractivity contribution >= 4 is 17.1 Å². The van der Waals surface area contributed by atoms with Crippen molar-refractivity contribution < 1.29 is 20.1 Å². The number of rotatable bonds is 5. The molecule has 0 aliphatic rings. The Labute approximate surface area is 193 Å². The summed E-state index contributed by atoms with van der Waals surface area (Å²) in [7, 11) is 0. The molecular formula is C28H27NO4. The van der Waals surface area contributed by atoms with Crippen LogP contribution in [0.25, 0.3) is 0 Å². The van der Waals surface area contributed by atoms with E-state index in [-0.39, 0.29) is 17.2 Å². The summed E-state index contributed by atoms with van der Waals surface area (Å²) >= 11 is 0. The predicted octanol–water partition coefficient (Wildman–Crippen LogP) is 7.30. The van der Waals surface area contributed by atoms with E-state index < -0.39 is 0 Å². The lowest BCUT2D eigenvalue weighted by molar-refractivity contribution is 0.409. The van der Waals surface area contributed by atoms with E-state index in [1.54, 1.807) is 30.3 Å². The molecule has 0 saturated carbocycles. The van der Waals surface area contributed by atoms with Gasteiger partial charge in [0, 0.05) is 11.4 Å². The normalized spacial score (nSPS) is 10.8. The maximum Gasteiger partial charge on any atom is 0.172 e. The molecule has 0 heterocycles. The molecule has 0 bridgehead atoms. The predicted molar refractivity (Wildman–Crippen MR) is 132 cm³/mol. The molecule has 0 amide bonds. The van der Waals surface area contributed by atoms with Gasteiger partial charge in [0.05, 0.1) is 5.69 Å². The number of para-hydroxylation sites is 2. The Kier molecular flexibility index (Phi) is 5.88. The molecule has 0 unspecified atom stereocenters. The minimum Gasteiger partial charge on any atom is -0.508 e. The van der Waals surface area contributed by atoms with E-state index in [4.69, 9.17) is 4.74 Å². The van der Waals surface area contributed by atoms with E-state index >= 15 is 0 Å². The Hall–Kier alpha value is -4.12. The van der Waals surface area contributed by atoms with Crippen LogP contribution in [0.15, 0.2) is 72.8 Å². The number of hydrogen-bond acceptors (Lipinski definition) is 5. The maximum absolute atomic E-state index is 10.5. The maximum atomic E-state index is 10.5. The second-order valence-electron chi connectivity index (χ2n) is 8.20. The average Bonchev–Trinajstić information content (AvgIpc) is 2.77. The third-order valence-electron chi connectivity index (χ3n) is 5.82. The standard InChI is InChI=1S/C28H27NO4/c1-17-9-14-26(32)28(20(17)4)33-27-8-6-5-7-25(27)29(23-12-10-21(30)15-18(23)2)24-13-11-22(31)16-19(24)3/h5-16,30-32H,1-4H3. The summed E-state index contributed by atoms with van der Waals surface area (Å²) in [6.45, 7) is 7.74. The fourth-order valence-electron chi connectivity index (χ4n) is 3.91. The van der Waals surface area contributed by atoms with Crippen LogP contribution < -0.4 is 9.64 Å². The number of benzene rings is 4. The van der Waals surface area contributed by atoms with E-state index in [2.05, 4.69) is 0 Å². The van der Waals surface area contributed by atoms with Gasteiger partial charge in [-0.05, 0) is 105 Å². The Morgan fingerprint density at radius 3 is 1.76 bits per heavy atom. The number of phenolic OH excluding ortho intramolecular Hbond substituents is 3. The zero-order valence-electron chi connectivity index (χ0n) is 19.1. The van der Waals surface area contributed by atoms with E-state index in [9.17, 15) is 15.3 Å². The van der Waals surface area contributed by atoms with Gasteiger partial charge in [0.25, 0.3) is 0 Å². The van der Waals surface area contributed by atoms with Crippen LogP contribution in [0.4, 0.5) is 17.1 Å². The number of nitrogens with zero attached hydrogens (tertiary/aromatic N) is 1. The molecule has 0 fully saturated rings. The van der Waals surface area contributed by atoms with Crippen molar-refractivity contribution in [3.63, 3.8) is 0 Å². The monoisotopic (exact) mass is 441 g/mol. The van der Waals surface area contributed by atoms with Gasteiger partial charge < -0.3 is 25.0 Å². The van der Waals surface area contributed by atoms with Crippen LogP contribution in [0.1, 0.15) is 22.3 Å². The van der Waals surface area contributed by atoms with Gasteiger partial charge in [0.15, 0.2) is 17.2 Å². The minimum absolute atomic E-state index is 0.0704. The summed E-state index contributed by atoms with van der Waals surface area (Å²) in [5.41, 5.74) is 6.06. The SMILES string of the molecule is Cc1cc(O)ccc1N(c1ccc(O)cc1C)c1ccccc1Oc1c(O)ccc(C)c1C. The molecule has 168 valence electrons. The zero-order valence-corrected chi connectivity index (χ0v) is 19.1. The van der Waals surface area contributed by atoms with Crippen molar-refractivity contribution in [2.24, 2.45) is 0 Å². The molecule has 0 aliphatic heterocycles. The highest BCUT2D eigenvalue weighted by molar-refractivity contribution is 5.83. The molecule has 0 spiro atoms. The number of anilines is 3. The molecule has 33 heavy (non-hydrogen) atoms. The second kappa shape index (κ2) is 8.79. The number of aromatic hydroxyl groups is 3. The summed E-state index contributed by atoms with van der Waals surface area (Å²) in [5.74, 6) is 1.40. The van der Waals surface area contributed by atoms with Crippen molar-refractivity contribution in [2.75, 3.05) is 4.90 Å². The van der Waals surface area contributed by atoms with Crippen molar-refractivity contribution in [1.82, 2.24) is 0 Å². The van der Waals surface area contributed by atoms with Crippen LogP contribution in [0.2, 0.25) is 0 Å². The molecule has 0 aromatic heterocycles. The first-order valence-electron chi connectivity index (χ1n) is 10.7. The average molecular weight is 442 g/mol. The first-order valence-corrected chi connectivity index (χ1v) is 10.7. The minimum atomic E-state index is 0.0704. The highest BCUT2D eigenvalue weighted by Crippen LogP contribution is 2.46. The summed E-state index contributed by atoms with van der Waals surface area (Å²) in [5, 5.41) is 30.5. The van der Waals surface area contributed by atoms with Gasteiger partial charge in [-0.1, -0.05) is 18.2 Å². The molecule has 3 N–H and O–H groups in total. The lowest BCUT2D eigenvalue weighted by Crippen LogP contribution is -2.13. The highest BCUT2D eigenvalue weighted by atomic mass is 16.5. The van der Waals surface area contributed by atoms with Crippen LogP contribution in [0, 0.1) is 27.7 Å². The van der Waals surface area contributed by atoms with E-state index in [1.807, 2.05) is 75.1 Å². The number of aryl methyl sites for hydroxylation is 3. The Balaban J connectivity index is 1.93. The molecule has 0 saturated heterocycles. The first-order chi connectivity index (χ1) is 15.8. The van der Waals surface area contributed by atoms with Crippen LogP contribution in [-0.4, -0.2) is 15.3 Å². The van der Waals surface area contributed by atoms with Crippen LogP contribution in [-0.2, 0) is 0 Å². The van der Waals surface area contributed by atoms with E-state index in [0.717, 1.165) is 39.3 Å². The topological polar surface area (TPSA) is 73.2 Å². The van der Waals surface area contributed by atoms with Crippen molar-refractivity contribution in [1.29, 1.82) is 0 Å². The number of hydrogen-bond donors (Lipinski definition) is 3. The molecular weight excluding hydrogens is 414 g/mol. The Bertz CT molecular complexity index is 1280. The largest absolute Gasteiger partial charge is 0.508 e. The molecule has 0 radical (unpaired) electrons. The van der Waals surface area contributed by atoms with Gasteiger partial charge in [-0.25, -0.2) is 0 Å². The van der Waals surface area contributed by atoms with Gasteiger partial charge in [0.1, 0.15) is 11.5 Å². The van der Waals surface area contributed by atoms with Gasteiger partial charge in [-0.3, -0.25) is 0 Å². The van der Waals surface area contributed by atoms with Gasteiger partial charge in [-0.15, -0.1) is 0 Å². The van der Waals surface area contributed by atoms with E-state index in [1.165, 1.54) is 0 Å². The van der Waals surface area contributed by atoms with Crippen molar-refractivity contribution in [3.8, 4) is 28.7 Å². The van der Waals surface area contributed by atoms with Crippen molar-refractivity contribution in [3.05, 3.63) is 95.1 Å². The van der Waals surface area contributed by atoms with Gasteiger partial charge in [0.2, 0.25) is 0 Å². The molecule has 5 heteroatoms. The number of ether oxygens (including phenoxy) is 1. The molecule has 0 atom stereocenters. The lowest BCUT2D eigenvalue weighted by atomic mass is 10.1. The van der Waals surface area contributed by atoms with Gasteiger partial charge >= 0.3 is 0 Å². The fourth-order valence-corrected chi connectivity index (χ4v) is 3.91. The zero-order chi connectivity index (χ0) is 23.7. The molecule has 0 aliphatic carbocycles. The Morgan fingerprint density at radius 1 is 0.606 bits per heavy atom. The summed E-state index contributed by atoms with van der Waals surface area (Å²) in [6.07, 6.45) is 0. The number of phenols is 3. The van der Waals surface area contributed by atoms with Crippen molar-refractivity contribution in [2.45, 2.75) is 27.7 Å². The van der Waals surface area contributed by atoms with Crippen LogP contribution in [0.5, 0.6) is 28.7 Å². The second-order valence-corrected chi connectivity index (χ2v) is 8.20. The third kappa shape index (κ3) is 4.30. The first kappa shape index (κ1) is 22.1. The molecule has 4 rings (SSSR count). The fraction of sp³-hybridized carbons (Fsp3) is 0.143. The smallest absolute Gasteiger partial charge is 0.172 e. The lowest BCUT2D eigenvalue weighted by Gasteiger charge is -2.30. The van der Waals surface area contributed by atoms with Crippen LogP contribution in [0.3, 0.4) is 0 Å². The van der Waals surface area contributed by atoms with Crippen LogP contribution >= 0.6 is 0 Å². The highest BCUT2D eigenvalue weighted by Gasteiger charge is 2.22. The summed E-state index contributed by atoms with van der Waals surface area (Å²) in [6, 6.07) is 21.5. The summed E-state index contributed by atoms with van der Waals surface area (Å²) in [4.78, 5) is 2.03. The molecule has 5 nitrogen and oxygen atoms in total. The molecule has 4 aromatic rings.